The number of fused-ring (bicyclic) bond motifs is 1. The SMILES string of the molecule is C#CCCC1(CCC(=O)N2[C@H](CO)C[C@@H]3CCCC[C@@H]32)N=N1. The largest absolute Gasteiger partial charge is 0.394 e. The quantitative estimate of drug-likeness (QED) is 0.766. The molecule has 0 aromatic rings. The number of terminal acetylenes is 1. The third kappa shape index (κ3) is 3.03. The molecule has 22 heavy (non-hydrogen) atoms. The van der Waals surface area contributed by atoms with Crippen LogP contribution in [0.5, 0.6) is 0 Å². The fraction of sp³-hybridized carbons (Fsp3) is 0.824. The summed E-state index contributed by atoms with van der Waals surface area (Å²) >= 11 is 0. The van der Waals surface area contributed by atoms with Crippen LogP contribution in [0.2, 0.25) is 0 Å². The second kappa shape index (κ2) is 6.37. The van der Waals surface area contributed by atoms with Crippen molar-refractivity contribution in [3.63, 3.8) is 0 Å². The number of likely N-dealkylation sites (tertiary alicyclic amines) is 1. The molecule has 1 amide bonds. The molecule has 0 radical (unpaired) electrons. The molecule has 0 unspecified atom stereocenters. The second-order valence-electron chi connectivity index (χ2n) is 6.87. The van der Waals surface area contributed by atoms with Crippen molar-refractivity contribution in [3.05, 3.63) is 0 Å². The third-order valence-electron chi connectivity index (χ3n) is 5.49. The van der Waals surface area contributed by atoms with Crippen molar-refractivity contribution in [2.24, 2.45) is 16.1 Å². The molecule has 1 N–H and O–H groups in total. The topological polar surface area (TPSA) is 65.3 Å². The van der Waals surface area contributed by atoms with Crippen LogP contribution in [0, 0.1) is 18.3 Å². The normalized spacial score (nSPS) is 31.6. The van der Waals surface area contributed by atoms with Gasteiger partial charge in [0.15, 0.2) is 5.66 Å². The highest BCUT2D eigenvalue weighted by Crippen LogP contribution is 2.41. The number of aliphatic hydroxyl groups is 1. The van der Waals surface area contributed by atoms with Gasteiger partial charge in [0.2, 0.25) is 5.91 Å². The average Bonchev–Trinajstić information content (AvgIpc) is 3.22. The lowest BCUT2D eigenvalue weighted by Gasteiger charge is -2.34. The molecule has 0 bridgehead atoms. The predicted octanol–water partition coefficient (Wildman–Crippen LogP) is 2.49. The first kappa shape index (κ1) is 15.5. The molecule has 2 aliphatic heterocycles. The first-order valence-electron chi connectivity index (χ1n) is 8.49. The van der Waals surface area contributed by atoms with Crippen LogP contribution >= 0.6 is 0 Å². The molecule has 5 nitrogen and oxygen atoms in total. The minimum absolute atomic E-state index is 0.00957. The van der Waals surface area contributed by atoms with Gasteiger partial charge in [0.05, 0.1) is 12.6 Å². The molecule has 0 aromatic carbocycles. The average molecular weight is 303 g/mol. The molecule has 1 aliphatic carbocycles. The molecular formula is C17H25N3O2. The van der Waals surface area contributed by atoms with E-state index in [2.05, 4.69) is 16.1 Å². The van der Waals surface area contributed by atoms with Crippen molar-refractivity contribution in [1.29, 1.82) is 0 Å². The van der Waals surface area contributed by atoms with Gasteiger partial charge in [-0.25, -0.2) is 0 Å². The van der Waals surface area contributed by atoms with Gasteiger partial charge in [0, 0.05) is 31.7 Å². The number of hydrogen-bond donors (Lipinski definition) is 1. The fourth-order valence-corrected chi connectivity index (χ4v) is 4.22. The maximum Gasteiger partial charge on any atom is 0.223 e. The van der Waals surface area contributed by atoms with Crippen molar-refractivity contribution >= 4 is 5.91 Å². The maximum absolute atomic E-state index is 12.7. The van der Waals surface area contributed by atoms with Gasteiger partial charge in [-0.1, -0.05) is 12.8 Å². The first-order valence-corrected chi connectivity index (χ1v) is 8.49. The van der Waals surface area contributed by atoms with E-state index in [0.29, 0.717) is 31.2 Å². The lowest BCUT2D eigenvalue weighted by Crippen LogP contribution is -2.44. The number of nitrogens with zero attached hydrogens (tertiary/aromatic N) is 3. The van der Waals surface area contributed by atoms with Crippen LogP contribution in [0.25, 0.3) is 0 Å². The highest BCUT2D eigenvalue weighted by molar-refractivity contribution is 5.77. The monoisotopic (exact) mass is 303 g/mol. The zero-order valence-corrected chi connectivity index (χ0v) is 13.1. The molecule has 3 aliphatic rings. The zero-order valence-electron chi connectivity index (χ0n) is 13.1. The van der Waals surface area contributed by atoms with Crippen LogP contribution in [0.4, 0.5) is 0 Å². The second-order valence-corrected chi connectivity index (χ2v) is 6.87. The van der Waals surface area contributed by atoms with Crippen LogP contribution in [0.3, 0.4) is 0 Å². The number of aliphatic hydroxyl groups excluding tert-OH is 1. The van der Waals surface area contributed by atoms with E-state index in [1.54, 1.807) is 0 Å². The Morgan fingerprint density at radius 1 is 1.32 bits per heavy atom. The van der Waals surface area contributed by atoms with Gasteiger partial charge in [0.25, 0.3) is 0 Å². The molecule has 3 rings (SSSR count). The smallest absolute Gasteiger partial charge is 0.223 e. The lowest BCUT2D eigenvalue weighted by molar-refractivity contribution is -0.136. The van der Waals surface area contributed by atoms with Gasteiger partial charge in [-0.2, -0.15) is 10.2 Å². The minimum atomic E-state index is -0.386. The fourth-order valence-electron chi connectivity index (χ4n) is 4.22. The van der Waals surface area contributed by atoms with Crippen LogP contribution in [-0.4, -0.2) is 40.3 Å². The summed E-state index contributed by atoms with van der Waals surface area (Å²) in [5, 5.41) is 17.8. The molecular weight excluding hydrogens is 278 g/mol. The van der Waals surface area contributed by atoms with E-state index in [1.807, 2.05) is 4.90 Å². The summed E-state index contributed by atoms with van der Waals surface area (Å²) in [5.74, 6) is 3.35. The Labute approximate surface area is 132 Å². The van der Waals surface area contributed by atoms with Gasteiger partial charge in [-0.15, -0.1) is 12.3 Å². The standard InChI is InChI=1S/C17H25N3O2/c1-2-3-9-17(18-19-17)10-8-16(22)20-14(12-21)11-13-6-4-5-7-15(13)20/h1,13-15,21H,3-12H2/t13-,14-,15-/m0/s1. The zero-order chi connectivity index (χ0) is 15.6. The first-order chi connectivity index (χ1) is 10.7. The number of amides is 1. The van der Waals surface area contributed by atoms with Gasteiger partial charge in [0.1, 0.15) is 0 Å². The summed E-state index contributed by atoms with van der Waals surface area (Å²) in [6.45, 7) is 0.0791. The number of carbonyl (C=O) groups excluding carboxylic acids is 1. The van der Waals surface area contributed by atoms with Crippen LogP contribution < -0.4 is 0 Å². The summed E-state index contributed by atoms with van der Waals surface area (Å²) in [6, 6.07) is 0.350. The number of carbonyl (C=O) groups is 1. The molecule has 2 fully saturated rings. The van der Waals surface area contributed by atoms with E-state index in [1.165, 1.54) is 19.3 Å². The summed E-state index contributed by atoms with van der Waals surface area (Å²) in [5.41, 5.74) is -0.386. The molecule has 0 aromatic heterocycles. The summed E-state index contributed by atoms with van der Waals surface area (Å²) in [4.78, 5) is 14.7. The molecule has 1 saturated carbocycles. The molecule has 3 atom stereocenters. The van der Waals surface area contributed by atoms with E-state index < -0.39 is 0 Å². The summed E-state index contributed by atoms with van der Waals surface area (Å²) < 4.78 is 0. The minimum Gasteiger partial charge on any atom is -0.394 e. The van der Waals surface area contributed by atoms with Crippen molar-refractivity contribution in [3.8, 4) is 12.3 Å². The highest BCUT2D eigenvalue weighted by Gasteiger charge is 2.45. The van der Waals surface area contributed by atoms with E-state index in [4.69, 9.17) is 6.42 Å². The Balaban J connectivity index is 1.57. The third-order valence-corrected chi connectivity index (χ3v) is 5.49. The molecule has 2 heterocycles. The van der Waals surface area contributed by atoms with Crippen molar-refractivity contribution < 1.29 is 9.90 Å². The molecule has 5 heteroatoms. The lowest BCUT2D eigenvalue weighted by atomic mass is 9.84. The van der Waals surface area contributed by atoms with Crippen LogP contribution in [-0.2, 0) is 4.79 Å². The number of hydrogen-bond acceptors (Lipinski definition) is 4. The number of rotatable bonds is 6. The van der Waals surface area contributed by atoms with Gasteiger partial charge < -0.3 is 10.0 Å². The van der Waals surface area contributed by atoms with Crippen molar-refractivity contribution in [1.82, 2.24) is 4.90 Å². The Bertz CT molecular complexity index is 491. The van der Waals surface area contributed by atoms with Gasteiger partial charge in [-0.05, 0) is 25.2 Å². The Morgan fingerprint density at radius 2 is 2.09 bits per heavy atom. The molecule has 120 valence electrons. The van der Waals surface area contributed by atoms with Crippen LogP contribution in [0.1, 0.15) is 57.8 Å². The Morgan fingerprint density at radius 3 is 2.77 bits per heavy atom. The van der Waals surface area contributed by atoms with E-state index in [-0.39, 0.29) is 24.2 Å². The van der Waals surface area contributed by atoms with E-state index in [9.17, 15) is 9.90 Å². The Kier molecular flexibility index (Phi) is 4.49. The van der Waals surface area contributed by atoms with Gasteiger partial charge >= 0.3 is 0 Å². The highest BCUT2D eigenvalue weighted by atomic mass is 16.3. The molecule has 0 spiro atoms. The molecule has 1 saturated heterocycles. The summed E-state index contributed by atoms with van der Waals surface area (Å²) in [6.07, 6.45) is 13.5. The van der Waals surface area contributed by atoms with E-state index in [0.717, 1.165) is 19.3 Å². The van der Waals surface area contributed by atoms with Gasteiger partial charge in [-0.3, -0.25) is 4.79 Å². The van der Waals surface area contributed by atoms with Crippen LogP contribution in [0.15, 0.2) is 10.2 Å². The van der Waals surface area contributed by atoms with E-state index >= 15 is 0 Å². The van der Waals surface area contributed by atoms with Crippen molar-refractivity contribution in [2.75, 3.05) is 6.61 Å². The summed E-state index contributed by atoms with van der Waals surface area (Å²) in [7, 11) is 0. The Hall–Kier alpha value is -1.41. The maximum atomic E-state index is 12.7. The predicted molar refractivity (Wildman–Crippen MR) is 83.0 cm³/mol. The van der Waals surface area contributed by atoms with Crippen molar-refractivity contribution in [2.45, 2.75) is 75.5 Å².